The van der Waals surface area contributed by atoms with Crippen molar-refractivity contribution in [2.24, 2.45) is 5.92 Å². The van der Waals surface area contributed by atoms with Gasteiger partial charge in [0, 0.05) is 25.2 Å². The number of anilines is 1. The summed E-state index contributed by atoms with van der Waals surface area (Å²) in [4.78, 5) is 26.8. The number of aryl methyl sites for hydroxylation is 1. The molecule has 0 spiro atoms. The van der Waals surface area contributed by atoms with Crippen LogP contribution in [0.1, 0.15) is 37.0 Å². The minimum Gasteiger partial charge on any atom is -0.491 e. The Balaban J connectivity index is 1.58. The van der Waals surface area contributed by atoms with E-state index in [2.05, 4.69) is 5.32 Å². The maximum absolute atomic E-state index is 12.6. The molecular weight excluding hydrogens is 352 g/mol. The van der Waals surface area contributed by atoms with E-state index in [1.165, 1.54) is 0 Å². The number of hydrogen-bond acceptors (Lipinski definition) is 3. The lowest BCUT2D eigenvalue weighted by molar-refractivity contribution is -0.126. The topological polar surface area (TPSA) is 58.6 Å². The number of amides is 2. The van der Waals surface area contributed by atoms with Gasteiger partial charge in [-0.3, -0.25) is 9.59 Å². The minimum absolute atomic E-state index is 0.00374. The summed E-state index contributed by atoms with van der Waals surface area (Å²) in [6.07, 6.45) is 0.380. The predicted molar refractivity (Wildman–Crippen MR) is 110 cm³/mol. The third-order valence-corrected chi connectivity index (χ3v) is 5.12. The van der Waals surface area contributed by atoms with Gasteiger partial charge in [0.05, 0.1) is 12.0 Å². The number of ether oxygens (including phenoxy) is 1. The summed E-state index contributed by atoms with van der Waals surface area (Å²) < 4.78 is 5.63. The molecule has 0 bridgehead atoms. The van der Waals surface area contributed by atoms with E-state index >= 15 is 0 Å². The van der Waals surface area contributed by atoms with Crippen LogP contribution in [0.2, 0.25) is 0 Å². The molecule has 1 atom stereocenters. The van der Waals surface area contributed by atoms with E-state index in [4.69, 9.17) is 4.74 Å². The molecule has 1 N–H and O–H groups in total. The van der Waals surface area contributed by atoms with E-state index < -0.39 is 0 Å². The number of carbonyl (C=O) groups is 2. The molecule has 2 aromatic rings. The van der Waals surface area contributed by atoms with Gasteiger partial charge in [0.15, 0.2) is 0 Å². The second-order valence-electron chi connectivity index (χ2n) is 7.65. The first-order valence-electron chi connectivity index (χ1n) is 9.75. The van der Waals surface area contributed by atoms with Gasteiger partial charge in [-0.15, -0.1) is 0 Å². The lowest BCUT2D eigenvalue weighted by Crippen LogP contribution is -2.32. The minimum atomic E-state index is -0.323. The van der Waals surface area contributed by atoms with Crippen LogP contribution in [-0.2, 0) is 16.1 Å². The predicted octanol–water partition coefficient (Wildman–Crippen LogP) is 3.76. The van der Waals surface area contributed by atoms with Gasteiger partial charge in [-0.25, -0.2) is 0 Å². The fourth-order valence-electron chi connectivity index (χ4n) is 3.44. The maximum atomic E-state index is 12.6. The van der Waals surface area contributed by atoms with Crippen molar-refractivity contribution < 1.29 is 14.3 Å². The molecule has 5 nitrogen and oxygen atoms in total. The first-order valence-corrected chi connectivity index (χ1v) is 9.75. The van der Waals surface area contributed by atoms with Crippen molar-refractivity contribution in [1.82, 2.24) is 5.32 Å². The molecule has 0 aromatic heterocycles. The van der Waals surface area contributed by atoms with Crippen LogP contribution in [0.25, 0.3) is 0 Å². The molecule has 1 heterocycles. The molecule has 5 heteroatoms. The zero-order chi connectivity index (χ0) is 20.3. The quantitative estimate of drug-likeness (QED) is 0.830. The van der Waals surface area contributed by atoms with Crippen molar-refractivity contribution in [1.29, 1.82) is 0 Å². The zero-order valence-corrected chi connectivity index (χ0v) is 17.0. The normalized spacial score (nSPS) is 16.5. The van der Waals surface area contributed by atoms with Crippen molar-refractivity contribution in [3.63, 3.8) is 0 Å². The van der Waals surface area contributed by atoms with Crippen molar-refractivity contribution in [2.75, 3.05) is 11.4 Å². The first-order chi connectivity index (χ1) is 13.3. The highest BCUT2D eigenvalue weighted by Gasteiger charge is 2.35. The Morgan fingerprint density at radius 3 is 2.57 bits per heavy atom. The van der Waals surface area contributed by atoms with E-state index in [-0.39, 0.29) is 30.3 Å². The van der Waals surface area contributed by atoms with Gasteiger partial charge in [-0.2, -0.15) is 0 Å². The van der Waals surface area contributed by atoms with E-state index in [9.17, 15) is 9.59 Å². The fourth-order valence-corrected chi connectivity index (χ4v) is 3.44. The zero-order valence-electron chi connectivity index (χ0n) is 17.0. The molecule has 1 aliphatic rings. The third-order valence-electron chi connectivity index (χ3n) is 5.12. The molecule has 1 aliphatic heterocycles. The summed E-state index contributed by atoms with van der Waals surface area (Å²) in [6.45, 7) is 8.88. The first kappa shape index (κ1) is 19.9. The molecule has 1 fully saturated rings. The van der Waals surface area contributed by atoms with Crippen LogP contribution in [0.4, 0.5) is 5.69 Å². The average molecular weight is 380 g/mol. The van der Waals surface area contributed by atoms with Gasteiger partial charge >= 0.3 is 0 Å². The highest BCUT2D eigenvalue weighted by molar-refractivity contribution is 6.00. The monoisotopic (exact) mass is 380 g/mol. The number of nitrogens with one attached hydrogen (secondary N) is 1. The summed E-state index contributed by atoms with van der Waals surface area (Å²) in [7, 11) is 0. The Bertz CT molecular complexity index is 859. The van der Waals surface area contributed by atoms with Crippen molar-refractivity contribution >= 4 is 17.5 Å². The smallest absolute Gasteiger partial charge is 0.227 e. The lowest BCUT2D eigenvalue weighted by Gasteiger charge is -2.20. The van der Waals surface area contributed by atoms with E-state index in [1.54, 1.807) is 4.90 Å². The van der Waals surface area contributed by atoms with Crippen LogP contribution in [0.15, 0.2) is 42.5 Å². The number of carbonyl (C=O) groups excluding carboxylic acids is 2. The molecule has 3 rings (SSSR count). The number of nitrogens with zero attached hydrogens (tertiary/aromatic N) is 1. The third kappa shape index (κ3) is 4.53. The van der Waals surface area contributed by atoms with Crippen molar-refractivity contribution in [3.8, 4) is 5.75 Å². The SMILES string of the molecule is Cc1cccc(N2C[C@@H](C(=O)NCc3ccc(OC(C)C)cc3)CC2=O)c1C. The van der Waals surface area contributed by atoms with Gasteiger partial charge in [-0.05, 0) is 62.6 Å². The van der Waals surface area contributed by atoms with Crippen molar-refractivity contribution in [2.45, 2.75) is 46.8 Å². The lowest BCUT2D eigenvalue weighted by atomic mass is 10.1. The number of rotatable bonds is 6. The summed E-state index contributed by atoms with van der Waals surface area (Å²) in [5.41, 5.74) is 4.13. The van der Waals surface area contributed by atoms with Gasteiger partial charge in [0.2, 0.25) is 11.8 Å². The Morgan fingerprint density at radius 2 is 1.89 bits per heavy atom. The Labute approximate surface area is 166 Å². The molecule has 2 aromatic carbocycles. The van der Waals surface area contributed by atoms with E-state index in [0.29, 0.717) is 13.1 Å². The molecule has 1 saturated heterocycles. The molecule has 148 valence electrons. The Hall–Kier alpha value is -2.82. The highest BCUT2D eigenvalue weighted by atomic mass is 16.5. The van der Waals surface area contributed by atoms with Crippen LogP contribution in [0, 0.1) is 19.8 Å². The molecule has 28 heavy (non-hydrogen) atoms. The standard InChI is InChI=1S/C23H28N2O3/c1-15(2)28-20-10-8-18(9-11-20)13-24-23(27)19-12-22(26)25(14-19)21-7-5-6-16(3)17(21)4/h5-11,15,19H,12-14H2,1-4H3,(H,24,27)/t19-/m0/s1. The van der Waals surface area contributed by atoms with Gasteiger partial charge < -0.3 is 15.0 Å². The highest BCUT2D eigenvalue weighted by Crippen LogP contribution is 2.29. The van der Waals surface area contributed by atoms with Gasteiger partial charge in [-0.1, -0.05) is 24.3 Å². The molecule has 0 unspecified atom stereocenters. The molecular formula is C23H28N2O3. The van der Waals surface area contributed by atoms with Crippen LogP contribution < -0.4 is 15.0 Å². The summed E-state index contributed by atoms with van der Waals surface area (Å²) in [6, 6.07) is 13.6. The molecule has 0 radical (unpaired) electrons. The van der Waals surface area contributed by atoms with Crippen LogP contribution in [0.3, 0.4) is 0 Å². The van der Waals surface area contributed by atoms with Crippen LogP contribution in [-0.4, -0.2) is 24.5 Å². The van der Waals surface area contributed by atoms with Crippen molar-refractivity contribution in [3.05, 3.63) is 59.2 Å². The molecule has 0 aliphatic carbocycles. The summed E-state index contributed by atoms with van der Waals surface area (Å²) >= 11 is 0. The Kier molecular flexibility index (Phi) is 6.02. The number of benzene rings is 2. The second-order valence-corrected chi connectivity index (χ2v) is 7.65. The average Bonchev–Trinajstić information content (AvgIpc) is 3.04. The molecule has 0 saturated carbocycles. The van der Waals surface area contributed by atoms with Gasteiger partial charge in [0.25, 0.3) is 0 Å². The summed E-state index contributed by atoms with van der Waals surface area (Å²) in [5.74, 6) is 0.416. The van der Waals surface area contributed by atoms with Gasteiger partial charge in [0.1, 0.15) is 5.75 Å². The summed E-state index contributed by atoms with van der Waals surface area (Å²) in [5, 5.41) is 2.96. The Morgan fingerprint density at radius 1 is 1.18 bits per heavy atom. The maximum Gasteiger partial charge on any atom is 0.227 e. The van der Waals surface area contributed by atoms with E-state index in [1.807, 2.05) is 70.2 Å². The number of hydrogen-bond donors (Lipinski definition) is 1. The van der Waals surface area contributed by atoms with Crippen LogP contribution >= 0.6 is 0 Å². The largest absolute Gasteiger partial charge is 0.491 e. The molecule has 2 amide bonds. The van der Waals surface area contributed by atoms with Crippen LogP contribution in [0.5, 0.6) is 5.75 Å². The second kappa shape index (κ2) is 8.46. The van der Waals surface area contributed by atoms with E-state index in [0.717, 1.165) is 28.1 Å². The fraction of sp³-hybridized carbons (Fsp3) is 0.391.